The zero-order chi connectivity index (χ0) is 14.1. The van der Waals surface area contributed by atoms with Gasteiger partial charge in [0, 0.05) is 18.1 Å². The number of aromatic nitrogens is 1. The summed E-state index contributed by atoms with van der Waals surface area (Å²) in [6.45, 7) is 0.769. The van der Waals surface area contributed by atoms with Crippen LogP contribution in [0.3, 0.4) is 0 Å². The molecule has 1 saturated carbocycles. The van der Waals surface area contributed by atoms with E-state index < -0.39 is 5.91 Å². The number of nitrogens with zero attached hydrogens (tertiary/aromatic N) is 1. The minimum atomic E-state index is -0.497. The van der Waals surface area contributed by atoms with Crippen molar-refractivity contribution in [3.63, 3.8) is 0 Å². The molecule has 0 atom stereocenters. The van der Waals surface area contributed by atoms with Gasteiger partial charge in [0.25, 0.3) is 5.91 Å². The maximum Gasteiger partial charge on any atom is 0.250 e. The molecule has 1 aliphatic carbocycles. The van der Waals surface area contributed by atoms with Crippen LogP contribution in [0.15, 0.2) is 24.4 Å². The summed E-state index contributed by atoms with van der Waals surface area (Å²) < 4.78 is 16.0. The number of benzene rings is 1. The minimum absolute atomic E-state index is 0.286. The van der Waals surface area contributed by atoms with Crippen LogP contribution in [0.4, 0.5) is 4.39 Å². The Labute approximate surface area is 117 Å². The summed E-state index contributed by atoms with van der Waals surface area (Å²) in [5.41, 5.74) is 6.32. The molecule has 3 rings (SSSR count). The van der Waals surface area contributed by atoms with Crippen molar-refractivity contribution in [2.24, 2.45) is 11.7 Å². The van der Waals surface area contributed by atoms with Crippen molar-refractivity contribution in [3.05, 3.63) is 35.8 Å². The molecule has 4 heteroatoms. The van der Waals surface area contributed by atoms with E-state index in [0.29, 0.717) is 22.4 Å². The maximum absolute atomic E-state index is 14.1. The Morgan fingerprint density at radius 3 is 2.75 bits per heavy atom. The minimum Gasteiger partial charge on any atom is -0.366 e. The molecule has 1 amide bonds. The smallest absolute Gasteiger partial charge is 0.250 e. The number of nitrogens with two attached hydrogens (primary N) is 1. The molecule has 2 N–H and O–H groups in total. The number of hydrogen-bond donors (Lipinski definition) is 1. The van der Waals surface area contributed by atoms with E-state index in [-0.39, 0.29) is 5.82 Å². The van der Waals surface area contributed by atoms with Crippen LogP contribution in [0, 0.1) is 11.7 Å². The fourth-order valence-electron chi connectivity index (χ4n) is 3.30. The van der Waals surface area contributed by atoms with E-state index >= 15 is 0 Å². The number of amides is 1. The first-order chi connectivity index (χ1) is 9.66. The van der Waals surface area contributed by atoms with E-state index in [1.807, 2.05) is 4.57 Å². The molecule has 1 aromatic heterocycles. The Morgan fingerprint density at radius 2 is 2.05 bits per heavy atom. The summed E-state index contributed by atoms with van der Waals surface area (Å²) in [4.78, 5) is 11.5. The zero-order valence-corrected chi connectivity index (χ0v) is 11.4. The summed E-state index contributed by atoms with van der Waals surface area (Å²) in [5.74, 6) is -0.214. The molecule has 2 aromatic rings. The summed E-state index contributed by atoms with van der Waals surface area (Å²) in [7, 11) is 0. The highest BCUT2D eigenvalue weighted by Crippen LogP contribution is 2.29. The van der Waals surface area contributed by atoms with E-state index in [2.05, 4.69) is 0 Å². The first-order valence-electron chi connectivity index (χ1n) is 7.24. The van der Waals surface area contributed by atoms with Gasteiger partial charge in [-0.25, -0.2) is 4.39 Å². The van der Waals surface area contributed by atoms with Crippen LogP contribution < -0.4 is 5.73 Å². The van der Waals surface area contributed by atoms with Crippen LogP contribution >= 0.6 is 0 Å². The first kappa shape index (κ1) is 13.2. The van der Waals surface area contributed by atoms with Gasteiger partial charge < -0.3 is 10.3 Å². The molecule has 0 bridgehead atoms. The second kappa shape index (κ2) is 5.27. The fraction of sp³-hybridized carbons (Fsp3) is 0.438. The lowest BCUT2D eigenvalue weighted by atomic mass is 9.89. The Kier molecular flexibility index (Phi) is 3.47. The van der Waals surface area contributed by atoms with Gasteiger partial charge in [-0.1, -0.05) is 31.4 Å². The average molecular weight is 274 g/mol. The third kappa shape index (κ3) is 2.30. The van der Waals surface area contributed by atoms with Crippen molar-refractivity contribution < 1.29 is 9.18 Å². The van der Waals surface area contributed by atoms with E-state index in [0.717, 1.165) is 6.54 Å². The third-order valence-electron chi connectivity index (χ3n) is 4.29. The number of primary amides is 1. The number of carbonyl (C=O) groups excluding carboxylic acids is 1. The normalized spacial score (nSPS) is 16.6. The molecule has 0 unspecified atom stereocenters. The van der Waals surface area contributed by atoms with E-state index in [1.54, 1.807) is 18.3 Å². The predicted octanol–water partition coefficient (Wildman–Crippen LogP) is 3.46. The molecule has 0 aliphatic heterocycles. The van der Waals surface area contributed by atoms with E-state index in [4.69, 9.17) is 5.73 Å². The molecule has 1 heterocycles. The highest BCUT2D eigenvalue weighted by molar-refractivity contribution is 6.06. The number of rotatable bonds is 3. The molecule has 0 spiro atoms. The topological polar surface area (TPSA) is 48.0 Å². The van der Waals surface area contributed by atoms with Crippen molar-refractivity contribution in [1.29, 1.82) is 0 Å². The molecular weight excluding hydrogens is 255 g/mol. The van der Waals surface area contributed by atoms with Crippen LogP contribution in [-0.4, -0.2) is 10.5 Å². The number of hydrogen-bond acceptors (Lipinski definition) is 1. The Bertz CT molecular complexity index is 641. The van der Waals surface area contributed by atoms with E-state index in [1.165, 1.54) is 38.2 Å². The predicted molar refractivity (Wildman–Crippen MR) is 77.0 cm³/mol. The van der Waals surface area contributed by atoms with Gasteiger partial charge in [-0.05, 0) is 24.8 Å². The van der Waals surface area contributed by atoms with Gasteiger partial charge in [0.2, 0.25) is 0 Å². The monoisotopic (exact) mass is 274 g/mol. The molecular formula is C16H19FN2O. The SMILES string of the molecule is NC(=O)c1cn(CC2CCCCC2)c2c(F)cccc12. The Balaban J connectivity index is 2.03. The fourth-order valence-corrected chi connectivity index (χ4v) is 3.30. The van der Waals surface area contributed by atoms with Crippen LogP contribution in [0.1, 0.15) is 42.5 Å². The van der Waals surface area contributed by atoms with Crippen LogP contribution in [0.25, 0.3) is 10.9 Å². The average Bonchev–Trinajstić information content (AvgIpc) is 2.80. The molecule has 1 aliphatic rings. The summed E-state index contributed by atoms with van der Waals surface area (Å²) in [6.07, 6.45) is 7.86. The lowest BCUT2D eigenvalue weighted by molar-refractivity contribution is 0.100. The van der Waals surface area contributed by atoms with Crippen molar-refractivity contribution in [2.45, 2.75) is 38.6 Å². The second-order valence-electron chi connectivity index (χ2n) is 5.70. The molecule has 0 radical (unpaired) electrons. The van der Waals surface area contributed by atoms with Gasteiger partial charge in [-0.2, -0.15) is 0 Å². The van der Waals surface area contributed by atoms with Gasteiger partial charge in [-0.3, -0.25) is 4.79 Å². The van der Waals surface area contributed by atoms with Crippen molar-refractivity contribution in [2.75, 3.05) is 0 Å². The van der Waals surface area contributed by atoms with Crippen LogP contribution in [0.5, 0.6) is 0 Å². The zero-order valence-electron chi connectivity index (χ0n) is 11.4. The van der Waals surface area contributed by atoms with Crippen molar-refractivity contribution >= 4 is 16.8 Å². The summed E-state index contributed by atoms with van der Waals surface area (Å²) in [6, 6.07) is 4.81. The summed E-state index contributed by atoms with van der Waals surface area (Å²) in [5, 5.41) is 0.619. The Hall–Kier alpha value is -1.84. The lowest BCUT2D eigenvalue weighted by Crippen LogP contribution is -2.14. The molecule has 1 fully saturated rings. The molecule has 0 saturated heterocycles. The number of halogens is 1. The van der Waals surface area contributed by atoms with Gasteiger partial charge in [0.1, 0.15) is 5.82 Å². The van der Waals surface area contributed by atoms with Crippen molar-refractivity contribution in [1.82, 2.24) is 4.57 Å². The van der Waals surface area contributed by atoms with Gasteiger partial charge in [0.05, 0.1) is 11.1 Å². The highest BCUT2D eigenvalue weighted by atomic mass is 19.1. The standard InChI is InChI=1S/C16H19FN2O/c17-14-8-4-7-12-13(16(18)20)10-19(15(12)14)9-11-5-2-1-3-6-11/h4,7-8,10-11H,1-3,5-6,9H2,(H2,18,20). The maximum atomic E-state index is 14.1. The van der Waals surface area contributed by atoms with Gasteiger partial charge >= 0.3 is 0 Å². The van der Waals surface area contributed by atoms with Gasteiger partial charge in [0.15, 0.2) is 0 Å². The second-order valence-corrected chi connectivity index (χ2v) is 5.70. The number of para-hydroxylation sites is 1. The van der Waals surface area contributed by atoms with E-state index in [9.17, 15) is 9.18 Å². The molecule has 1 aromatic carbocycles. The Morgan fingerprint density at radius 1 is 1.30 bits per heavy atom. The summed E-state index contributed by atoms with van der Waals surface area (Å²) >= 11 is 0. The highest BCUT2D eigenvalue weighted by Gasteiger charge is 2.19. The van der Waals surface area contributed by atoms with Crippen molar-refractivity contribution in [3.8, 4) is 0 Å². The number of carbonyl (C=O) groups is 1. The third-order valence-corrected chi connectivity index (χ3v) is 4.29. The lowest BCUT2D eigenvalue weighted by Gasteiger charge is -2.22. The van der Waals surface area contributed by atoms with Gasteiger partial charge in [-0.15, -0.1) is 0 Å². The molecule has 106 valence electrons. The molecule has 3 nitrogen and oxygen atoms in total. The van der Waals surface area contributed by atoms with Crippen LogP contribution in [-0.2, 0) is 6.54 Å². The largest absolute Gasteiger partial charge is 0.366 e. The van der Waals surface area contributed by atoms with Crippen LogP contribution in [0.2, 0.25) is 0 Å². The molecule has 20 heavy (non-hydrogen) atoms. The quantitative estimate of drug-likeness (QED) is 0.915. The first-order valence-corrected chi connectivity index (χ1v) is 7.24. The number of fused-ring (bicyclic) bond motifs is 1.